The van der Waals surface area contributed by atoms with Crippen molar-refractivity contribution in [3.63, 3.8) is 0 Å². The van der Waals surface area contributed by atoms with E-state index in [0.29, 0.717) is 11.1 Å². The molecular formula is C15H19N3O. The zero-order valence-corrected chi connectivity index (χ0v) is 11.3. The second kappa shape index (κ2) is 6.35. The van der Waals surface area contributed by atoms with Gasteiger partial charge in [-0.1, -0.05) is 6.92 Å². The summed E-state index contributed by atoms with van der Waals surface area (Å²) in [5.74, 6) is 0. The molecule has 0 atom stereocenters. The molecule has 1 saturated heterocycles. The second-order valence-electron chi connectivity index (χ2n) is 4.83. The van der Waals surface area contributed by atoms with Crippen LogP contribution < -0.4 is 4.90 Å². The molecule has 1 aromatic rings. The number of hydrogen-bond donors (Lipinski definition) is 0. The molecule has 0 unspecified atom stereocenters. The first kappa shape index (κ1) is 13.6. The number of carbonyl (C=O) groups excluding carboxylic acids is 1. The van der Waals surface area contributed by atoms with Crippen LogP contribution in [0.15, 0.2) is 18.2 Å². The predicted molar refractivity (Wildman–Crippen MR) is 75.5 cm³/mol. The van der Waals surface area contributed by atoms with E-state index in [1.165, 1.54) is 6.42 Å². The van der Waals surface area contributed by atoms with Gasteiger partial charge < -0.3 is 4.90 Å². The third-order valence-corrected chi connectivity index (χ3v) is 3.53. The number of anilines is 1. The highest BCUT2D eigenvalue weighted by atomic mass is 16.1. The Morgan fingerprint density at radius 1 is 1.32 bits per heavy atom. The molecule has 4 heteroatoms. The van der Waals surface area contributed by atoms with Crippen molar-refractivity contribution in [3.8, 4) is 6.07 Å². The van der Waals surface area contributed by atoms with E-state index in [-0.39, 0.29) is 0 Å². The van der Waals surface area contributed by atoms with Gasteiger partial charge in [-0.25, -0.2) is 0 Å². The molecule has 1 heterocycles. The zero-order chi connectivity index (χ0) is 13.7. The third-order valence-electron chi connectivity index (χ3n) is 3.53. The van der Waals surface area contributed by atoms with Gasteiger partial charge in [-0.05, 0) is 31.2 Å². The van der Waals surface area contributed by atoms with Crippen molar-refractivity contribution in [2.75, 3.05) is 37.6 Å². The smallest absolute Gasteiger partial charge is 0.150 e. The lowest BCUT2D eigenvalue weighted by molar-refractivity contribution is 0.112. The van der Waals surface area contributed by atoms with Crippen molar-refractivity contribution < 1.29 is 4.79 Å². The molecule has 1 aliphatic heterocycles. The van der Waals surface area contributed by atoms with Crippen LogP contribution in [0.3, 0.4) is 0 Å². The van der Waals surface area contributed by atoms with Gasteiger partial charge in [-0.15, -0.1) is 0 Å². The SMILES string of the molecule is CCCN1CCN(c2ccc(C=O)cc2C#N)CC1. The van der Waals surface area contributed by atoms with Gasteiger partial charge in [0.1, 0.15) is 12.4 Å². The lowest BCUT2D eigenvalue weighted by Crippen LogP contribution is -2.46. The van der Waals surface area contributed by atoms with Crippen molar-refractivity contribution in [1.29, 1.82) is 5.26 Å². The molecule has 0 amide bonds. The fourth-order valence-electron chi connectivity index (χ4n) is 2.52. The van der Waals surface area contributed by atoms with Crippen molar-refractivity contribution in [2.45, 2.75) is 13.3 Å². The van der Waals surface area contributed by atoms with Crippen LogP contribution >= 0.6 is 0 Å². The van der Waals surface area contributed by atoms with E-state index in [0.717, 1.165) is 44.7 Å². The number of piperazine rings is 1. The standard InChI is InChI=1S/C15H19N3O/c1-2-5-17-6-8-18(9-7-17)15-4-3-13(12-19)10-14(15)11-16/h3-4,10,12H,2,5-9H2,1H3. The fourth-order valence-corrected chi connectivity index (χ4v) is 2.52. The maximum atomic E-state index is 10.7. The van der Waals surface area contributed by atoms with Crippen LogP contribution in [0.2, 0.25) is 0 Å². The summed E-state index contributed by atoms with van der Waals surface area (Å²) in [5.41, 5.74) is 2.10. The summed E-state index contributed by atoms with van der Waals surface area (Å²) >= 11 is 0. The summed E-state index contributed by atoms with van der Waals surface area (Å²) in [5, 5.41) is 9.20. The molecule has 1 aromatic carbocycles. The molecule has 2 rings (SSSR count). The molecule has 0 aliphatic carbocycles. The number of rotatable bonds is 4. The molecule has 1 fully saturated rings. The molecule has 19 heavy (non-hydrogen) atoms. The summed E-state index contributed by atoms with van der Waals surface area (Å²) in [4.78, 5) is 15.4. The summed E-state index contributed by atoms with van der Waals surface area (Å²) in [6, 6.07) is 7.52. The molecule has 0 radical (unpaired) electrons. The first-order chi connectivity index (χ1) is 9.28. The Morgan fingerprint density at radius 2 is 2.05 bits per heavy atom. The van der Waals surface area contributed by atoms with Gasteiger partial charge in [0.15, 0.2) is 0 Å². The largest absolute Gasteiger partial charge is 0.368 e. The van der Waals surface area contributed by atoms with Gasteiger partial charge in [0.25, 0.3) is 0 Å². The number of hydrogen-bond acceptors (Lipinski definition) is 4. The van der Waals surface area contributed by atoms with Gasteiger partial charge in [-0.2, -0.15) is 5.26 Å². The average Bonchev–Trinajstić information content (AvgIpc) is 2.48. The number of aldehydes is 1. The van der Waals surface area contributed by atoms with E-state index in [9.17, 15) is 10.1 Å². The first-order valence-electron chi connectivity index (χ1n) is 6.75. The van der Waals surface area contributed by atoms with Crippen molar-refractivity contribution >= 4 is 12.0 Å². The van der Waals surface area contributed by atoms with E-state index in [1.54, 1.807) is 12.1 Å². The Morgan fingerprint density at radius 3 is 2.63 bits per heavy atom. The lowest BCUT2D eigenvalue weighted by Gasteiger charge is -2.36. The molecule has 0 aromatic heterocycles. The average molecular weight is 257 g/mol. The number of nitrogens with zero attached hydrogens (tertiary/aromatic N) is 3. The highest BCUT2D eigenvalue weighted by molar-refractivity contribution is 5.78. The fraction of sp³-hybridized carbons (Fsp3) is 0.467. The molecule has 100 valence electrons. The molecule has 0 saturated carbocycles. The summed E-state index contributed by atoms with van der Waals surface area (Å²) in [6.07, 6.45) is 1.96. The van der Waals surface area contributed by atoms with Gasteiger partial charge in [-0.3, -0.25) is 9.69 Å². The Labute approximate surface area is 114 Å². The predicted octanol–water partition coefficient (Wildman–Crippen LogP) is 1.90. The Balaban J connectivity index is 2.11. The van der Waals surface area contributed by atoms with E-state index in [1.807, 2.05) is 6.07 Å². The van der Waals surface area contributed by atoms with Crippen LogP contribution in [0, 0.1) is 11.3 Å². The summed E-state index contributed by atoms with van der Waals surface area (Å²) in [6.45, 7) is 7.29. The monoisotopic (exact) mass is 257 g/mol. The maximum Gasteiger partial charge on any atom is 0.150 e. The molecule has 0 bridgehead atoms. The van der Waals surface area contributed by atoms with E-state index in [2.05, 4.69) is 22.8 Å². The van der Waals surface area contributed by atoms with E-state index in [4.69, 9.17) is 0 Å². The van der Waals surface area contributed by atoms with Crippen LogP contribution in [0.25, 0.3) is 0 Å². The topological polar surface area (TPSA) is 47.3 Å². The van der Waals surface area contributed by atoms with Crippen molar-refractivity contribution in [2.24, 2.45) is 0 Å². The minimum atomic E-state index is 0.560. The van der Waals surface area contributed by atoms with Gasteiger partial charge >= 0.3 is 0 Å². The van der Waals surface area contributed by atoms with Crippen LogP contribution in [-0.4, -0.2) is 43.9 Å². The highest BCUT2D eigenvalue weighted by Gasteiger charge is 2.18. The molecule has 4 nitrogen and oxygen atoms in total. The van der Waals surface area contributed by atoms with Gasteiger partial charge in [0.05, 0.1) is 11.3 Å². The third kappa shape index (κ3) is 3.12. The molecule has 0 N–H and O–H groups in total. The van der Waals surface area contributed by atoms with Gasteiger partial charge in [0.2, 0.25) is 0 Å². The van der Waals surface area contributed by atoms with Crippen molar-refractivity contribution in [1.82, 2.24) is 4.90 Å². The Bertz CT molecular complexity index is 485. The van der Waals surface area contributed by atoms with Gasteiger partial charge in [0, 0.05) is 31.7 Å². The van der Waals surface area contributed by atoms with Crippen molar-refractivity contribution in [3.05, 3.63) is 29.3 Å². The minimum Gasteiger partial charge on any atom is -0.368 e. The quantitative estimate of drug-likeness (QED) is 0.773. The number of carbonyl (C=O) groups is 1. The lowest BCUT2D eigenvalue weighted by atomic mass is 10.1. The number of nitriles is 1. The Hall–Kier alpha value is -1.86. The molecule has 1 aliphatic rings. The minimum absolute atomic E-state index is 0.560. The zero-order valence-electron chi connectivity index (χ0n) is 11.3. The molecular weight excluding hydrogens is 238 g/mol. The number of benzene rings is 1. The van der Waals surface area contributed by atoms with E-state index >= 15 is 0 Å². The van der Waals surface area contributed by atoms with Crippen LogP contribution in [0.5, 0.6) is 0 Å². The highest BCUT2D eigenvalue weighted by Crippen LogP contribution is 2.22. The van der Waals surface area contributed by atoms with E-state index < -0.39 is 0 Å². The first-order valence-corrected chi connectivity index (χ1v) is 6.75. The maximum absolute atomic E-state index is 10.7. The molecule has 0 spiro atoms. The van der Waals surface area contributed by atoms with Crippen LogP contribution in [0.4, 0.5) is 5.69 Å². The second-order valence-corrected chi connectivity index (χ2v) is 4.83. The normalized spacial score (nSPS) is 16.1. The van der Waals surface area contributed by atoms with Crippen LogP contribution in [-0.2, 0) is 0 Å². The van der Waals surface area contributed by atoms with Crippen LogP contribution in [0.1, 0.15) is 29.3 Å². The summed E-state index contributed by atoms with van der Waals surface area (Å²) in [7, 11) is 0. The summed E-state index contributed by atoms with van der Waals surface area (Å²) < 4.78 is 0. The Kier molecular flexibility index (Phi) is 4.53.